The van der Waals surface area contributed by atoms with E-state index in [4.69, 9.17) is 5.11 Å². The average molecular weight is 261 g/mol. The molecule has 2 aromatic rings. The number of imidazole rings is 1. The Morgan fingerprint density at radius 1 is 1.47 bits per heavy atom. The summed E-state index contributed by atoms with van der Waals surface area (Å²) in [5, 5.41) is 12.2. The summed E-state index contributed by atoms with van der Waals surface area (Å²) in [7, 11) is 0. The first-order valence-electron chi connectivity index (χ1n) is 6.00. The SMILES string of the molecule is O=C(O)c1nc(-c2cccc(F)c2)n2c1NCCC2. The standard InChI is InChI=1S/C13H12FN3O2/c14-9-4-1-3-8(7-9)11-16-10(13(18)19)12-15-5-2-6-17(11)12/h1,3-4,7,15H,2,5-6H2,(H,18,19). The molecule has 1 aromatic heterocycles. The minimum Gasteiger partial charge on any atom is -0.476 e. The molecule has 0 atom stereocenters. The zero-order chi connectivity index (χ0) is 13.4. The molecule has 0 radical (unpaired) electrons. The van der Waals surface area contributed by atoms with E-state index in [0.29, 0.717) is 30.3 Å². The maximum atomic E-state index is 13.3. The molecule has 3 rings (SSSR count). The molecule has 2 N–H and O–H groups in total. The number of carboxylic acids is 1. The van der Waals surface area contributed by atoms with Crippen molar-refractivity contribution in [2.75, 3.05) is 11.9 Å². The highest BCUT2D eigenvalue weighted by molar-refractivity contribution is 5.92. The number of aromatic carboxylic acids is 1. The summed E-state index contributed by atoms with van der Waals surface area (Å²) in [6, 6.07) is 6.01. The summed E-state index contributed by atoms with van der Waals surface area (Å²) in [6.07, 6.45) is 0.880. The molecule has 5 nitrogen and oxygen atoms in total. The van der Waals surface area contributed by atoms with Crippen molar-refractivity contribution in [3.8, 4) is 11.4 Å². The first-order chi connectivity index (χ1) is 9.16. The number of hydrogen-bond donors (Lipinski definition) is 2. The molecule has 6 heteroatoms. The molecule has 1 aliphatic heterocycles. The fourth-order valence-electron chi connectivity index (χ4n) is 2.29. The first-order valence-corrected chi connectivity index (χ1v) is 6.00. The van der Waals surface area contributed by atoms with Gasteiger partial charge in [-0.25, -0.2) is 14.2 Å². The van der Waals surface area contributed by atoms with Crippen molar-refractivity contribution >= 4 is 11.8 Å². The van der Waals surface area contributed by atoms with Crippen molar-refractivity contribution in [2.24, 2.45) is 0 Å². The normalized spacial score (nSPS) is 13.7. The van der Waals surface area contributed by atoms with Crippen LogP contribution in [-0.2, 0) is 6.54 Å². The van der Waals surface area contributed by atoms with Crippen LogP contribution in [-0.4, -0.2) is 27.2 Å². The molecule has 0 saturated heterocycles. The molecule has 0 fully saturated rings. The highest BCUT2D eigenvalue weighted by Crippen LogP contribution is 2.29. The summed E-state index contributed by atoms with van der Waals surface area (Å²) >= 11 is 0. The van der Waals surface area contributed by atoms with Crippen LogP contribution in [0.25, 0.3) is 11.4 Å². The lowest BCUT2D eigenvalue weighted by Gasteiger charge is -2.18. The van der Waals surface area contributed by atoms with Crippen molar-refractivity contribution in [2.45, 2.75) is 13.0 Å². The Hall–Kier alpha value is -2.37. The number of aromatic nitrogens is 2. The Morgan fingerprint density at radius 2 is 2.32 bits per heavy atom. The third kappa shape index (κ3) is 1.95. The molecule has 0 unspecified atom stereocenters. The number of hydrogen-bond acceptors (Lipinski definition) is 3. The molecule has 98 valence electrons. The van der Waals surface area contributed by atoms with Crippen LogP contribution in [0.15, 0.2) is 24.3 Å². The number of nitrogens with zero attached hydrogens (tertiary/aromatic N) is 2. The lowest BCUT2D eigenvalue weighted by atomic mass is 10.2. The van der Waals surface area contributed by atoms with Gasteiger partial charge in [0.25, 0.3) is 0 Å². The number of fused-ring (bicyclic) bond motifs is 1. The highest BCUT2D eigenvalue weighted by Gasteiger charge is 2.24. The van der Waals surface area contributed by atoms with E-state index < -0.39 is 5.97 Å². The van der Waals surface area contributed by atoms with Gasteiger partial charge in [-0.2, -0.15) is 0 Å². The average Bonchev–Trinajstić information content (AvgIpc) is 2.78. The highest BCUT2D eigenvalue weighted by atomic mass is 19.1. The van der Waals surface area contributed by atoms with Crippen LogP contribution in [0.5, 0.6) is 0 Å². The van der Waals surface area contributed by atoms with E-state index in [1.807, 2.05) is 0 Å². The summed E-state index contributed by atoms with van der Waals surface area (Å²) < 4.78 is 15.1. The number of carboxylic acid groups (broad SMARTS) is 1. The predicted molar refractivity (Wildman–Crippen MR) is 67.7 cm³/mol. The van der Waals surface area contributed by atoms with Crippen molar-refractivity contribution in [3.63, 3.8) is 0 Å². The third-order valence-corrected chi connectivity index (χ3v) is 3.10. The fraction of sp³-hybridized carbons (Fsp3) is 0.231. The third-order valence-electron chi connectivity index (χ3n) is 3.10. The van der Waals surface area contributed by atoms with E-state index in [-0.39, 0.29) is 11.5 Å². The number of benzene rings is 1. The van der Waals surface area contributed by atoms with Crippen LogP contribution in [0.2, 0.25) is 0 Å². The minimum absolute atomic E-state index is 0.0149. The van der Waals surface area contributed by atoms with Gasteiger partial charge in [0.05, 0.1) is 0 Å². The molecular formula is C13H12FN3O2. The molecule has 0 spiro atoms. The summed E-state index contributed by atoms with van der Waals surface area (Å²) in [5.74, 6) is -0.464. The van der Waals surface area contributed by atoms with Gasteiger partial charge in [0.1, 0.15) is 17.5 Å². The molecular weight excluding hydrogens is 249 g/mol. The molecule has 2 heterocycles. The minimum atomic E-state index is -1.08. The Labute approximate surface area is 108 Å². The second-order valence-electron chi connectivity index (χ2n) is 4.38. The summed E-state index contributed by atoms with van der Waals surface area (Å²) in [5.41, 5.74) is 0.566. The van der Waals surface area contributed by atoms with Crippen molar-refractivity contribution in [3.05, 3.63) is 35.8 Å². The Morgan fingerprint density at radius 3 is 3.05 bits per heavy atom. The first kappa shape index (κ1) is 11.7. The van der Waals surface area contributed by atoms with Gasteiger partial charge in [0.2, 0.25) is 0 Å². The zero-order valence-corrected chi connectivity index (χ0v) is 10.1. The molecule has 0 aliphatic carbocycles. The van der Waals surface area contributed by atoms with Crippen molar-refractivity contribution in [1.82, 2.24) is 9.55 Å². The van der Waals surface area contributed by atoms with E-state index in [1.54, 1.807) is 16.7 Å². The van der Waals surface area contributed by atoms with Gasteiger partial charge in [-0.05, 0) is 18.6 Å². The zero-order valence-electron chi connectivity index (χ0n) is 10.1. The van der Waals surface area contributed by atoms with Crippen LogP contribution < -0.4 is 5.32 Å². The second kappa shape index (κ2) is 4.38. The summed E-state index contributed by atoms with van der Waals surface area (Å²) in [4.78, 5) is 15.3. The van der Waals surface area contributed by atoms with Gasteiger partial charge in [-0.3, -0.25) is 0 Å². The quantitative estimate of drug-likeness (QED) is 0.869. The number of halogens is 1. The van der Waals surface area contributed by atoms with Crippen LogP contribution in [0.1, 0.15) is 16.9 Å². The van der Waals surface area contributed by atoms with E-state index in [9.17, 15) is 9.18 Å². The Balaban J connectivity index is 2.19. The maximum absolute atomic E-state index is 13.3. The predicted octanol–water partition coefficient (Wildman–Crippen LogP) is 2.20. The fourth-order valence-corrected chi connectivity index (χ4v) is 2.29. The van der Waals surface area contributed by atoms with E-state index in [1.165, 1.54) is 12.1 Å². The van der Waals surface area contributed by atoms with Gasteiger partial charge in [0, 0.05) is 18.7 Å². The maximum Gasteiger partial charge on any atom is 0.358 e. The van der Waals surface area contributed by atoms with Gasteiger partial charge in [-0.1, -0.05) is 12.1 Å². The van der Waals surface area contributed by atoms with Gasteiger partial charge >= 0.3 is 5.97 Å². The lowest BCUT2D eigenvalue weighted by Crippen LogP contribution is -2.19. The largest absolute Gasteiger partial charge is 0.476 e. The van der Waals surface area contributed by atoms with Crippen molar-refractivity contribution < 1.29 is 14.3 Å². The molecule has 19 heavy (non-hydrogen) atoms. The lowest BCUT2D eigenvalue weighted by molar-refractivity contribution is 0.0692. The van der Waals surface area contributed by atoms with Crippen LogP contribution in [0.3, 0.4) is 0 Å². The molecule has 0 bridgehead atoms. The topological polar surface area (TPSA) is 67.1 Å². The number of rotatable bonds is 2. The smallest absolute Gasteiger partial charge is 0.358 e. The van der Waals surface area contributed by atoms with Crippen LogP contribution >= 0.6 is 0 Å². The van der Waals surface area contributed by atoms with E-state index >= 15 is 0 Å². The second-order valence-corrected chi connectivity index (χ2v) is 4.38. The van der Waals surface area contributed by atoms with Gasteiger partial charge < -0.3 is 15.0 Å². The molecule has 1 aliphatic rings. The van der Waals surface area contributed by atoms with Gasteiger partial charge in [0.15, 0.2) is 5.69 Å². The monoisotopic (exact) mass is 261 g/mol. The molecule has 0 saturated carbocycles. The molecule has 1 aromatic carbocycles. The van der Waals surface area contributed by atoms with Crippen LogP contribution in [0.4, 0.5) is 10.2 Å². The summed E-state index contributed by atoms with van der Waals surface area (Å²) in [6.45, 7) is 1.39. The number of carbonyl (C=O) groups is 1. The van der Waals surface area contributed by atoms with Crippen molar-refractivity contribution in [1.29, 1.82) is 0 Å². The van der Waals surface area contributed by atoms with E-state index in [0.717, 1.165) is 6.42 Å². The Kier molecular flexibility index (Phi) is 2.70. The molecule has 0 amide bonds. The van der Waals surface area contributed by atoms with E-state index in [2.05, 4.69) is 10.3 Å². The Bertz CT molecular complexity index is 651. The number of nitrogens with one attached hydrogen (secondary N) is 1. The van der Waals surface area contributed by atoms with Crippen LogP contribution in [0, 0.1) is 5.82 Å². The van der Waals surface area contributed by atoms with Gasteiger partial charge in [-0.15, -0.1) is 0 Å². The number of anilines is 1.